The molecule has 2 N–H and O–H groups in total. The van der Waals surface area contributed by atoms with E-state index < -0.39 is 0 Å². The molecule has 104 valence electrons. The average molecular weight is 281 g/mol. The molecule has 0 atom stereocenters. The van der Waals surface area contributed by atoms with E-state index in [0.29, 0.717) is 22.9 Å². The number of nitrogens with zero attached hydrogens (tertiary/aromatic N) is 1. The monoisotopic (exact) mass is 281 g/mol. The van der Waals surface area contributed by atoms with Crippen LogP contribution in [0.1, 0.15) is 10.5 Å². The SMILES string of the molecule is O=C(Nc1ccc2c(c1)OCO2)c1cc2ncccc2[nH]1. The second-order valence-corrected chi connectivity index (χ2v) is 4.64. The number of nitrogens with one attached hydrogen (secondary N) is 2. The number of hydrogen-bond acceptors (Lipinski definition) is 4. The normalized spacial score (nSPS) is 12.6. The van der Waals surface area contributed by atoms with E-state index in [4.69, 9.17) is 9.47 Å². The zero-order valence-corrected chi connectivity index (χ0v) is 10.9. The molecule has 3 aromatic rings. The summed E-state index contributed by atoms with van der Waals surface area (Å²) in [5.41, 5.74) is 2.69. The van der Waals surface area contributed by atoms with Crippen molar-refractivity contribution in [1.82, 2.24) is 9.97 Å². The van der Waals surface area contributed by atoms with Gasteiger partial charge in [0.15, 0.2) is 11.5 Å². The number of amides is 1. The molecular weight excluding hydrogens is 270 g/mol. The Morgan fingerprint density at radius 3 is 3.00 bits per heavy atom. The number of ether oxygens (including phenoxy) is 2. The topological polar surface area (TPSA) is 76.2 Å². The van der Waals surface area contributed by atoms with Crippen molar-refractivity contribution in [3.8, 4) is 11.5 Å². The molecule has 1 aliphatic heterocycles. The Balaban J connectivity index is 1.60. The van der Waals surface area contributed by atoms with Gasteiger partial charge in [-0.05, 0) is 30.3 Å². The van der Waals surface area contributed by atoms with Crippen LogP contribution in [-0.4, -0.2) is 22.7 Å². The second-order valence-electron chi connectivity index (χ2n) is 4.64. The zero-order valence-electron chi connectivity index (χ0n) is 10.9. The third-order valence-corrected chi connectivity index (χ3v) is 3.26. The number of aromatic amines is 1. The van der Waals surface area contributed by atoms with Gasteiger partial charge >= 0.3 is 0 Å². The number of fused-ring (bicyclic) bond motifs is 2. The Morgan fingerprint density at radius 2 is 2.10 bits per heavy atom. The minimum Gasteiger partial charge on any atom is -0.454 e. The van der Waals surface area contributed by atoms with Gasteiger partial charge in [0.05, 0.1) is 11.0 Å². The van der Waals surface area contributed by atoms with Crippen molar-refractivity contribution in [3.63, 3.8) is 0 Å². The molecule has 1 amide bonds. The summed E-state index contributed by atoms with van der Waals surface area (Å²) in [6.45, 7) is 0.209. The molecule has 4 rings (SSSR count). The zero-order chi connectivity index (χ0) is 14.2. The number of aromatic nitrogens is 2. The highest BCUT2D eigenvalue weighted by Crippen LogP contribution is 2.34. The standard InChI is InChI=1S/C15H11N3O3/c19-15(12-7-11-10(18-12)2-1-5-16-11)17-9-3-4-13-14(6-9)21-8-20-13/h1-7,18H,8H2,(H,17,19). The molecule has 6 heteroatoms. The van der Waals surface area contributed by atoms with Crippen LogP contribution >= 0.6 is 0 Å². The van der Waals surface area contributed by atoms with Crippen molar-refractivity contribution >= 4 is 22.6 Å². The van der Waals surface area contributed by atoms with Crippen molar-refractivity contribution in [2.24, 2.45) is 0 Å². The molecule has 3 heterocycles. The lowest BCUT2D eigenvalue weighted by atomic mass is 10.2. The van der Waals surface area contributed by atoms with Gasteiger partial charge in [-0.3, -0.25) is 9.78 Å². The Hall–Kier alpha value is -3.02. The van der Waals surface area contributed by atoms with Crippen LogP contribution in [0.4, 0.5) is 5.69 Å². The first-order valence-electron chi connectivity index (χ1n) is 6.44. The highest BCUT2D eigenvalue weighted by atomic mass is 16.7. The molecule has 0 bridgehead atoms. The van der Waals surface area contributed by atoms with E-state index in [1.54, 1.807) is 30.5 Å². The lowest BCUT2D eigenvalue weighted by Gasteiger charge is -2.04. The predicted molar refractivity (Wildman–Crippen MR) is 76.6 cm³/mol. The van der Waals surface area contributed by atoms with Crippen LogP contribution in [0.25, 0.3) is 11.0 Å². The Bertz CT molecular complexity index is 808. The molecule has 6 nitrogen and oxygen atoms in total. The van der Waals surface area contributed by atoms with Crippen molar-refractivity contribution < 1.29 is 14.3 Å². The van der Waals surface area contributed by atoms with Crippen molar-refractivity contribution in [1.29, 1.82) is 0 Å². The number of hydrogen-bond donors (Lipinski definition) is 2. The highest BCUT2D eigenvalue weighted by Gasteiger charge is 2.15. The van der Waals surface area contributed by atoms with E-state index in [1.165, 1.54) is 0 Å². The fourth-order valence-electron chi connectivity index (χ4n) is 2.25. The summed E-state index contributed by atoms with van der Waals surface area (Å²) in [7, 11) is 0. The summed E-state index contributed by atoms with van der Waals surface area (Å²) < 4.78 is 10.5. The number of anilines is 1. The maximum atomic E-state index is 12.2. The first-order valence-corrected chi connectivity index (χ1v) is 6.44. The summed E-state index contributed by atoms with van der Waals surface area (Å²) in [5.74, 6) is 1.08. The van der Waals surface area contributed by atoms with Gasteiger partial charge in [0, 0.05) is 18.0 Å². The smallest absolute Gasteiger partial charge is 0.272 e. The molecular formula is C15H11N3O3. The Kier molecular flexibility index (Phi) is 2.53. The van der Waals surface area contributed by atoms with E-state index >= 15 is 0 Å². The molecule has 0 spiro atoms. The van der Waals surface area contributed by atoms with E-state index in [-0.39, 0.29) is 12.7 Å². The number of carbonyl (C=O) groups is 1. The fraction of sp³-hybridized carbons (Fsp3) is 0.0667. The van der Waals surface area contributed by atoms with Crippen molar-refractivity contribution in [2.45, 2.75) is 0 Å². The highest BCUT2D eigenvalue weighted by molar-refractivity contribution is 6.05. The van der Waals surface area contributed by atoms with Crippen LogP contribution in [-0.2, 0) is 0 Å². The number of rotatable bonds is 2. The van der Waals surface area contributed by atoms with Gasteiger partial charge in [-0.15, -0.1) is 0 Å². The van der Waals surface area contributed by atoms with E-state index in [0.717, 1.165) is 11.0 Å². The molecule has 0 saturated heterocycles. The Morgan fingerprint density at radius 1 is 1.19 bits per heavy atom. The van der Waals surface area contributed by atoms with Gasteiger partial charge in [-0.2, -0.15) is 0 Å². The van der Waals surface area contributed by atoms with Gasteiger partial charge in [0.2, 0.25) is 6.79 Å². The van der Waals surface area contributed by atoms with Crippen molar-refractivity contribution in [3.05, 3.63) is 48.3 Å². The number of pyridine rings is 1. The largest absolute Gasteiger partial charge is 0.454 e. The van der Waals surface area contributed by atoms with Crippen molar-refractivity contribution in [2.75, 3.05) is 12.1 Å². The second kappa shape index (κ2) is 4.52. The predicted octanol–water partition coefficient (Wildman–Crippen LogP) is 2.54. The fourth-order valence-corrected chi connectivity index (χ4v) is 2.25. The van der Waals surface area contributed by atoms with E-state index in [9.17, 15) is 4.79 Å². The first-order chi connectivity index (χ1) is 10.3. The maximum Gasteiger partial charge on any atom is 0.272 e. The van der Waals surface area contributed by atoms with Crippen LogP contribution in [0.15, 0.2) is 42.6 Å². The van der Waals surface area contributed by atoms with Gasteiger partial charge in [-0.1, -0.05) is 0 Å². The first kappa shape index (κ1) is 11.8. The van der Waals surface area contributed by atoms with Crippen LogP contribution in [0.2, 0.25) is 0 Å². The number of carbonyl (C=O) groups excluding carboxylic acids is 1. The van der Waals surface area contributed by atoms with Crippen LogP contribution < -0.4 is 14.8 Å². The average Bonchev–Trinajstić information content (AvgIpc) is 3.13. The minimum atomic E-state index is -0.230. The molecule has 21 heavy (non-hydrogen) atoms. The molecule has 0 saturated carbocycles. The summed E-state index contributed by atoms with van der Waals surface area (Å²) in [6.07, 6.45) is 1.69. The molecule has 0 radical (unpaired) electrons. The molecule has 2 aromatic heterocycles. The molecule has 0 aliphatic carbocycles. The van der Waals surface area contributed by atoms with Gasteiger partial charge in [0.1, 0.15) is 5.69 Å². The molecule has 1 aliphatic rings. The lowest BCUT2D eigenvalue weighted by Crippen LogP contribution is -2.12. The summed E-state index contributed by atoms with van der Waals surface area (Å²) >= 11 is 0. The minimum absolute atomic E-state index is 0.209. The summed E-state index contributed by atoms with van der Waals surface area (Å²) in [4.78, 5) is 19.5. The van der Waals surface area contributed by atoms with Crippen LogP contribution in [0, 0.1) is 0 Å². The summed E-state index contributed by atoms with van der Waals surface area (Å²) in [6, 6.07) is 10.7. The molecule has 0 unspecified atom stereocenters. The van der Waals surface area contributed by atoms with Gasteiger partial charge < -0.3 is 19.8 Å². The quantitative estimate of drug-likeness (QED) is 0.756. The number of H-pyrrole nitrogens is 1. The lowest BCUT2D eigenvalue weighted by molar-refractivity contribution is 0.102. The molecule has 1 aromatic carbocycles. The van der Waals surface area contributed by atoms with E-state index in [2.05, 4.69) is 15.3 Å². The van der Waals surface area contributed by atoms with Crippen LogP contribution in [0.5, 0.6) is 11.5 Å². The molecule has 0 fully saturated rings. The van der Waals surface area contributed by atoms with Crippen LogP contribution in [0.3, 0.4) is 0 Å². The van der Waals surface area contributed by atoms with Gasteiger partial charge in [-0.25, -0.2) is 0 Å². The third-order valence-electron chi connectivity index (χ3n) is 3.26. The van der Waals surface area contributed by atoms with E-state index in [1.807, 2.05) is 12.1 Å². The van der Waals surface area contributed by atoms with Gasteiger partial charge in [0.25, 0.3) is 5.91 Å². The summed E-state index contributed by atoms with van der Waals surface area (Å²) in [5, 5.41) is 2.82. The third kappa shape index (κ3) is 2.06. The maximum absolute atomic E-state index is 12.2. The Labute approximate surface area is 119 Å². The number of benzene rings is 1.